The van der Waals surface area contributed by atoms with Gasteiger partial charge in [-0.1, -0.05) is 0 Å². The number of rotatable bonds is 0. The maximum atomic E-state index is 12.3. The summed E-state index contributed by atoms with van der Waals surface area (Å²) in [6.45, 7) is 6.29. The predicted octanol–water partition coefficient (Wildman–Crippen LogP) is -0.238. The van der Waals surface area contributed by atoms with Crippen molar-refractivity contribution in [1.82, 2.24) is 14.1 Å². The third kappa shape index (κ3) is 1.63. The minimum atomic E-state index is -0.623. The molecule has 0 spiro atoms. The summed E-state index contributed by atoms with van der Waals surface area (Å²) in [7, 11) is 1.85. The minimum Gasteiger partial charge on any atom is -0.341 e. The van der Waals surface area contributed by atoms with E-state index in [0.29, 0.717) is 17.9 Å². The molecule has 5 heterocycles. The van der Waals surface area contributed by atoms with E-state index in [2.05, 4.69) is 4.98 Å². The zero-order chi connectivity index (χ0) is 16.1. The van der Waals surface area contributed by atoms with Crippen LogP contribution in [0.15, 0.2) is 11.1 Å². The Morgan fingerprint density at radius 3 is 2.87 bits per heavy atom. The first-order valence-corrected chi connectivity index (χ1v) is 7.84. The number of imidazole rings is 1. The lowest BCUT2D eigenvalue weighted by atomic mass is 10.1. The van der Waals surface area contributed by atoms with Crippen molar-refractivity contribution in [2.24, 2.45) is 7.05 Å². The highest BCUT2D eigenvalue weighted by molar-refractivity contribution is 5.67. The lowest BCUT2D eigenvalue weighted by molar-refractivity contribution is -0.745. The molecule has 2 aromatic rings. The Kier molecular flexibility index (Phi) is 2.38. The summed E-state index contributed by atoms with van der Waals surface area (Å²) >= 11 is 0. The highest BCUT2D eigenvalue weighted by atomic mass is 16.8. The lowest BCUT2D eigenvalue weighted by Crippen LogP contribution is -2.47. The van der Waals surface area contributed by atoms with Crippen molar-refractivity contribution in [2.75, 3.05) is 0 Å². The van der Waals surface area contributed by atoms with Crippen LogP contribution < -0.4 is 10.1 Å². The second-order valence-corrected chi connectivity index (χ2v) is 7.01. The van der Waals surface area contributed by atoms with Crippen molar-refractivity contribution in [3.8, 4) is 0 Å². The van der Waals surface area contributed by atoms with Crippen LogP contribution in [0.3, 0.4) is 0 Å². The number of ether oxygens (including phenoxy) is 3. The molecule has 0 aliphatic carbocycles. The first-order valence-electron chi connectivity index (χ1n) is 7.84. The van der Waals surface area contributed by atoms with E-state index in [1.807, 2.05) is 43.3 Å². The Labute approximate surface area is 132 Å². The van der Waals surface area contributed by atoms with Crippen molar-refractivity contribution in [1.29, 1.82) is 0 Å². The SMILES string of the molecule is Cc1nc(=O)c2c3n1C[C@H]1O[C@@H](C4OC(C)(C)O[C@H]41)[n+]3cn2C. The molecule has 2 fully saturated rings. The Morgan fingerprint density at radius 2 is 2.09 bits per heavy atom. The van der Waals surface area contributed by atoms with Gasteiger partial charge in [-0.05, 0) is 13.8 Å². The Balaban J connectivity index is 1.79. The molecule has 0 radical (unpaired) electrons. The lowest BCUT2D eigenvalue weighted by Gasteiger charge is -2.21. The van der Waals surface area contributed by atoms with Gasteiger partial charge in [-0.15, -0.1) is 0 Å². The summed E-state index contributed by atoms with van der Waals surface area (Å²) in [4.78, 5) is 16.5. The summed E-state index contributed by atoms with van der Waals surface area (Å²) in [5, 5.41) is 0. The molecule has 3 aliphatic rings. The molecule has 122 valence electrons. The van der Waals surface area contributed by atoms with Crippen molar-refractivity contribution in [3.63, 3.8) is 0 Å². The van der Waals surface area contributed by atoms with Crippen LogP contribution in [0.2, 0.25) is 0 Å². The number of aromatic nitrogens is 4. The quantitative estimate of drug-likeness (QED) is 0.627. The van der Waals surface area contributed by atoms with Gasteiger partial charge in [0, 0.05) is 6.92 Å². The van der Waals surface area contributed by atoms with E-state index in [1.165, 1.54) is 0 Å². The first kappa shape index (κ1) is 13.6. The van der Waals surface area contributed by atoms with Gasteiger partial charge in [0.2, 0.25) is 11.7 Å². The van der Waals surface area contributed by atoms with E-state index in [-0.39, 0.29) is 30.1 Å². The molecule has 0 amide bonds. The maximum Gasteiger partial charge on any atom is 0.318 e. The normalized spacial score (nSPS) is 33.9. The average molecular weight is 319 g/mol. The van der Waals surface area contributed by atoms with Crippen LogP contribution in [0.4, 0.5) is 0 Å². The van der Waals surface area contributed by atoms with Gasteiger partial charge in [-0.3, -0.25) is 9.36 Å². The van der Waals surface area contributed by atoms with Gasteiger partial charge < -0.3 is 14.2 Å². The molecule has 8 nitrogen and oxygen atoms in total. The molecule has 0 N–H and O–H groups in total. The van der Waals surface area contributed by atoms with Crippen molar-refractivity contribution in [3.05, 3.63) is 22.5 Å². The molecule has 2 bridgehead atoms. The fourth-order valence-electron chi connectivity index (χ4n) is 4.12. The molecule has 8 heteroatoms. The Morgan fingerprint density at radius 1 is 1.35 bits per heavy atom. The third-order valence-electron chi connectivity index (χ3n) is 4.98. The van der Waals surface area contributed by atoms with E-state index in [9.17, 15) is 4.79 Å². The van der Waals surface area contributed by atoms with E-state index in [1.54, 1.807) is 4.57 Å². The summed E-state index contributed by atoms with van der Waals surface area (Å²) < 4.78 is 24.2. The molecule has 5 rings (SSSR count). The Hall–Kier alpha value is -1.77. The zero-order valence-corrected chi connectivity index (χ0v) is 13.5. The predicted molar refractivity (Wildman–Crippen MR) is 77.6 cm³/mol. The number of hydrogen-bond donors (Lipinski definition) is 0. The third-order valence-corrected chi connectivity index (χ3v) is 4.98. The van der Waals surface area contributed by atoms with Gasteiger partial charge >= 0.3 is 5.56 Å². The second-order valence-electron chi connectivity index (χ2n) is 7.01. The van der Waals surface area contributed by atoms with Crippen LogP contribution in [-0.2, 0) is 27.8 Å². The fraction of sp³-hybridized carbons (Fsp3) is 0.667. The van der Waals surface area contributed by atoms with Crippen molar-refractivity contribution in [2.45, 2.75) is 57.6 Å². The molecular formula is C15H19N4O4+. The molecule has 1 unspecified atom stereocenters. The van der Waals surface area contributed by atoms with E-state index in [0.717, 1.165) is 5.65 Å². The number of fused-ring (bicyclic) bond motifs is 6. The van der Waals surface area contributed by atoms with Gasteiger partial charge in [-0.25, -0.2) is 9.13 Å². The first-order chi connectivity index (χ1) is 10.9. The minimum absolute atomic E-state index is 0.121. The molecule has 23 heavy (non-hydrogen) atoms. The largest absolute Gasteiger partial charge is 0.341 e. The molecule has 0 aromatic carbocycles. The van der Waals surface area contributed by atoms with E-state index >= 15 is 0 Å². The highest BCUT2D eigenvalue weighted by Gasteiger charge is 2.59. The number of nitrogens with zero attached hydrogens (tertiary/aromatic N) is 4. The molecule has 2 aromatic heterocycles. The molecule has 3 aliphatic heterocycles. The smallest absolute Gasteiger partial charge is 0.318 e. The highest BCUT2D eigenvalue weighted by Crippen LogP contribution is 2.43. The fourth-order valence-corrected chi connectivity index (χ4v) is 4.12. The Bertz CT molecular complexity index is 899. The molecular weight excluding hydrogens is 300 g/mol. The van der Waals surface area contributed by atoms with E-state index in [4.69, 9.17) is 14.2 Å². The number of hydrogen-bond acceptors (Lipinski definition) is 5. The van der Waals surface area contributed by atoms with Crippen LogP contribution in [-0.4, -0.2) is 38.2 Å². The van der Waals surface area contributed by atoms with Gasteiger partial charge in [0.05, 0.1) is 13.6 Å². The van der Waals surface area contributed by atoms with E-state index < -0.39 is 5.79 Å². The van der Waals surface area contributed by atoms with Gasteiger partial charge in [0.25, 0.3) is 5.65 Å². The average Bonchev–Trinajstić information content (AvgIpc) is 3.00. The zero-order valence-electron chi connectivity index (χ0n) is 13.5. The van der Waals surface area contributed by atoms with Crippen molar-refractivity contribution >= 4 is 11.2 Å². The van der Waals surface area contributed by atoms with Crippen LogP contribution in [0.5, 0.6) is 0 Å². The van der Waals surface area contributed by atoms with Crippen molar-refractivity contribution < 1.29 is 18.8 Å². The molecule has 0 saturated carbocycles. The molecule has 4 atom stereocenters. The number of aryl methyl sites for hydroxylation is 2. The van der Waals surface area contributed by atoms with Crippen LogP contribution in [0, 0.1) is 6.92 Å². The topological polar surface area (TPSA) is 71.4 Å². The van der Waals surface area contributed by atoms with Gasteiger partial charge in [0.15, 0.2) is 17.9 Å². The monoisotopic (exact) mass is 319 g/mol. The maximum absolute atomic E-state index is 12.3. The second kappa shape index (κ2) is 4.00. The summed E-state index contributed by atoms with van der Waals surface area (Å²) in [5.41, 5.74) is 1.21. The summed E-state index contributed by atoms with van der Waals surface area (Å²) in [5.74, 6) is 0.0655. The standard InChI is InChI=1S/C15H19N4O4/c1-7-16-12(20)9-13-18(7)5-8-10-11(23-15(2,3)22-10)14(21-8)19(13)6-17(9)4/h6,8,10-11,14H,5H2,1-4H3/q+1/t8-,10+,11?,14+/m1/s1. The van der Waals surface area contributed by atoms with Crippen LogP contribution in [0.1, 0.15) is 25.9 Å². The van der Waals surface area contributed by atoms with Crippen LogP contribution >= 0.6 is 0 Å². The van der Waals surface area contributed by atoms with Gasteiger partial charge in [-0.2, -0.15) is 4.98 Å². The summed E-state index contributed by atoms with van der Waals surface area (Å²) in [6.07, 6.45) is 1.16. The van der Waals surface area contributed by atoms with Crippen LogP contribution in [0.25, 0.3) is 11.2 Å². The summed E-state index contributed by atoms with van der Waals surface area (Å²) in [6, 6.07) is 0. The molecule has 2 saturated heterocycles. The van der Waals surface area contributed by atoms with Gasteiger partial charge in [0.1, 0.15) is 18.3 Å².